The quantitative estimate of drug-likeness (QED) is 0.847. The van der Waals surface area contributed by atoms with Gasteiger partial charge in [-0.15, -0.1) is 11.8 Å². The molecular weight excluding hydrogens is 324 g/mol. The summed E-state index contributed by atoms with van der Waals surface area (Å²) in [6.07, 6.45) is 4.63. The second kappa shape index (κ2) is 7.35. The number of rotatable bonds is 4. The van der Waals surface area contributed by atoms with E-state index in [1.54, 1.807) is 0 Å². The van der Waals surface area contributed by atoms with E-state index < -0.39 is 5.54 Å². The van der Waals surface area contributed by atoms with Gasteiger partial charge in [0.25, 0.3) is 0 Å². The van der Waals surface area contributed by atoms with Crippen molar-refractivity contribution < 1.29 is 14.3 Å². The van der Waals surface area contributed by atoms with Gasteiger partial charge in [-0.1, -0.05) is 19.3 Å². The molecule has 0 unspecified atom stereocenters. The van der Waals surface area contributed by atoms with Gasteiger partial charge in [-0.25, -0.2) is 0 Å². The van der Waals surface area contributed by atoms with Gasteiger partial charge in [0, 0.05) is 4.90 Å². The highest BCUT2D eigenvalue weighted by Crippen LogP contribution is 2.36. The maximum Gasteiger partial charge on any atom is 0.234 e. The summed E-state index contributed by atoms with van der Waals surface area (Å²) in [5, 5.41) is 12.2. The van der Waals surface area contributed by atoms with Crippen LogP contribution in [0.25, 0.3) is 0 Å². The summed E-state index contributed by atoms with van der Waals surface area (Å²) in [4.78, 5) is 13.5. The van der Waals surface area contributed by atoms with Crippen LogP contribution in [0.5, 0.6) is 11.5 Å². The lowest BCUT2D eigenvalue weighted by Crippen LogP contribution is -2.50. The Labute approximate surface area is 146 Å². The van der Waals surface area contributed by atoms with Crippen molar-refractivity contribution in [3.63, 3.8) is 0 Å². The molecule has 24 heavy (non-hydrogen) atoms. The van der Waals surface area contributed by atoms with Crippen molar-refractivity contribution in [1.29, 1.82) is 5.26 Å². The largest absolute Gasteiger partial charge is 0.486 e. The second-order valence-electron chi connectivity index (χ2n) is 6.31. The predicted octanol–water partition coefficient (Wildman–Crippen LogP) is 3.28. The topological polar surface area (TPSA) is 71.3 Å². The average Bonchev–Trinajstić information content (AvgIpc) is 2.62. The Hall–Kier alpha value is -1.87. The van der Waals surface area contributed by atoms with Crippen LogP contribution in [0.4, 0.5) is 0 Å². The molecule has 1 aliphatic carbocycles. The summed E-state index contributed by atoms with van der Waals surface area (Å²) in [7, 11) is 0. The van der Waals surface area contributed by atoms with Crippen LogP contribution < -0.4 is 14.8 Å². The highest BCUT2D eigenvalue weighted by molar-refractivity contribution is 8.00. The summed E-state index contributed by atoms with van der Waals surface area (Å²) in [5.74, 6) is 1.38. The van der Waals surface area contributed by atoms with Gasteiger partial charge in [-0.2, -0.15) is 5.26 Å². The first-order chi connectivity index (χ1) is 11.6. The first-order valence-corrected chi connectivity index (χ1v) is 9.29. The summed E-state index contributed by atoms with van der Waals surface area (Å²) >= 11 is 1.47. The van der Waals surface area contributed by atoms with Gasteiger partial charge < -0.3 is 14.8 Å². The Morgan fingerprint density at radius 3 is 2.67 bits per heavy atom. The molecule has 2 aliphatic rings. The molecular formula is C18H22N2O3S. The number of ether oxygens (including phenoxy) is 2. The van der Waals surface area contributed by atoms with Crippen molar-refractivity contribution in [3.05, 3.63) is 18.2 Å². The molecule has 1 saturated carbocycles. The number of nitriles is 1. The predicted molar refractivity (Wildman–Crippen MR) is 92.3 cm³/mol. The fraction of sp³-hybridized carbons (Fsp3) is 0.556. The minimum atomic E-state index is -0.684. The third-order valence-corrected chi connectivity index (χ3v) is 5.57. The molecule has 1 atom stereocenters. The number of carbonyl (C=O) groups is 1. The zero-order valence-electron chi connectivity index (χ0n) is 13.8. The van der Waals surface area contributed by atoms with E-state index in [4.69, 9.17) is 9.47 Å². The van der Waals surface area contributed by atoms with E-state index in [0.29, 0.717) is 13.2 Å². The van der Waals surface area contributed by atoms with Gasteiger partial charge in [0.2, 0.25) is 5.91 Å². The Bertz CT molecular complexity index is 650. The number of benzene rings is 1. The van der Waals surface area contributed by atoms with Crippen LogP contribution in [-0.4, -0.2) is 29.9 Å². The van der Waals surface area contributed by atoms with E-state index in [2.05, 4.69) is 11.4 Å². The van der Waals surface area contributed by atoms with Gasteiger partial charge in [-0.3, -0.25) is 4.79 Å². The molecule has 0 spiro atoms. The van der Waals surface area contributed by atoms with Gasteiger partial charge in [0.15, 0.2) is 11.5 Å². The number of carbonyl (C=O) groups excluding carboxylic acids is 1. The lowest BCUT2D eigenvalue weighted by molar-refractivity contribution is -0.121. The van der Waals surface area contributed by atoms with E-state index in [1.165, 1.54) is 11.8 Å². The molecule has 0 bridgehead atoms. The minimum absolute atomic E-state index is 0.0849. The number of thioether (sulfide) groups is 1. The Morgan fingerprint density at radius 1 is 1.25 bits per heavy atom. The molecule has 3 rings (SSSR count). The second-order valence-corrected chi connectivity index (χ2v) is 7.72. The van der Waals surface area contributed by atoms with Crippen LogP contribution in [0.15, 0.2) is 23.1 Å². The molecule has 0 radical (unpaired) electrons. The molecule has 0 aromatic heterocycles. The fourth-order valence-corrected chi connectivity index (χ4v) is 4.01. The number of hydrogen-bond donors (Lipinski definition) is 1. The van der Waals surface area contributed by atoms with Gasteiger partial charge in [-0.05, 0) is 38.0 Å². The van der Waals surface area contributed by atoms with Crippen molar-refractivity contribution in [3.8, 4) is 17.6 Å². The van der Waals surface area contributed by atoms with Crippen molar-refractivity contribution in [2.45, 2.75) is 54.7 Å². The molecule has 1 fully saturated rings. The van der Waals surface area contributed by atoms with Crippen LogP contribution in [0.3, 0.4) is 0 Å². The number of fused-ring (bicyclic) bond motifs is 1. The number of nitrogens with one attached hydrogen (secondary N) is 1. The van der Waals surface area contributed by atoms with Crippen molar-refractivity contribution in [1.82, 2.24) is 5.32 Å². The smallest absolute Gasteiger partial charge is 0.234 e. The maximum atomic E-state index is 12.5. The standard InChI is InChI=1S/C18H22N2O3S/c1-13(17(21)20-18(12-19)7-3-2-4-8-18)24-14-5-6-15-16(11-14)23-10-9-22-15/h5-6,11,13H,2-4,7-10H2,1H3,(H,20,21)/t13-/m0/s1. The third-order valence-electron chi connectivity index (χ3n) is 4.48. The van der Waals surface area contributed by atoms with Crippen LogP contribution in [0.2, 0.25) is 0 Å². The van der Waals surface area contributed by atoms with E-state index in [9.17, 15) is 10.1 Å². The minimum Gasteiger partial charge on any atom is -0.486 e. The summed E-state index contributed by atoms with van der Waals surface area (Å²) in [5.41, 5.74) is -0.684. The number of nitrogens with zero attached hydrogens (tertiary/aromatic N) is 1. The molecule has 1 N–H and O–H groups in total. The molecule has 1 aromatic rings. The van der Waals surface area contributed by atoms with E-state index in [-0.39, 0.29) is 11.2 Å². The van der Waals surface area contributed by atoms with Crippen molar-refractivity contribution in [2.24, 2.45) is 0 Å². The average molecular weight is 346 g/mol. The van der Waals surface area contributed by atoms with Gasteiger partial charge >= 0.3 is 0 Å². The van der Waals surface area contributed by atoms with Crippen LogP contribution in [0.1, 0.15) is 39.0 Å². The molecule has 6 heteroatoms. The first kappa shape index (κ1) is 17.0. The summed E-state index contributed by atoms with van der Waals surface area (Å²) in [6, 6.07) is 8.04. The zero-order chi connectivity index (χ0) is 17.0. The lowest BCUT2D eigenvalue weighted by atomic mass is 9.83. The number of amides is 1. The fourth-order valence-electron chi connectivity index (χ4n) is 3.11. The maximum absolute atomic E-state index is 12.5. The molecule has 1 heterocycles. The van der Waals surface area contributed by atoms with Gasteiger partial charge in [0.05, 0.1) is 11.3 Å². The first-order valence-electron chi connectivity index (χ1n) is 8.41. The highest BCUT2D eigenvalue weighted by Gasteiger charge is 2.34. The number of hydrogen-bond acceptors (Lipinski definition) is 5. The lowest BCUT2D eigenvalue weighted by Gasteiger charge is -2.32. The van der Waals surface area contributed by atoms with Crippen molar-refractivity contribution >= 4 is 17.7 Å². The summed E-state index contributed by atoms with van der Waals surface area (Å²) < 4.78 is 11.1. The van der Waals surface area contributed by atoms with E-state index >= 15 is 0 Å². The van der Waals surface area contributed by atoms with Crippen molar-refractivity contribution in [2.75, 3.05) is 13.2 Å². The Kier molecular flexibility index (Phi) is 5.20. The monoisotopic (exact) mass is 346 g/mol. The molecule has 5 nitrogen and oxygen atoms in total. The zero-order valence-corrected chi connectivity index (χ0v) is 14.7. The molecule has 1 aromatic carbocycles. The normalized spacial score (nSPS) is 19.8. The van der Waals surface area contributed by atoms with E-state index in [1.807, 2.05) is 25.1 Å². The Balaban J connectivity index is 1.63. The molecule has 1 aliphatic heterocycles. The third kappa shape index (κ3) is 3.78. The van der Waals surface area contributed by atoms with Crippen LogP contribution >= 0.6 is 11.8 Å². The highest BCUT2D eigenvalue weighted by atomic mass is 32.2. The van der Waals surface area contributed by atoms with Gasteiger partial charge in [0.1, 0.15) is 18.8 Å². The Morgan fingerprint density at radius 2 is 1.96 bits per heavy atom. The van der Waals surface area contributed by atoms with Crippen LogP contribution in [-0.2, 0) is 4.79 Å². The SMILES string of the molecule is C[C@H](Sc1ccc2c(c1)OCCO2)C(=O)NC1(C#N)CCCCC1. The molecule has 128 valence electrons. The molecule has 0 saturated heterocycles. The molecule has 1 amide bonds. The van der Waals surface area contributed by atoms with E-state index in [0.717, 1.165) is 48.5 Å². The van der Waals surface area contributed by atoms with Crippen LogP contribution in [0, 0.1) is 11.3 Å². The summed E-state index contributed by atoms with van der Waals surface area (Å²) in [6.45, 7) is 2.97.